The van der Waals surface area contributed by atoms with Crippen LogP contribution in [0, 0.1) is 0 Å². The highest BCUT2D eigenvalue weighted by molar-refractivity contribution is 6.09. The third kappa shape index (κ3) is 5.17. The zero-order valence-corrected chi connectivity index (χ0v) is 29.9. The molecule has 9 rings (SSSR count). The van der Waals surface area contributed by atoms with Gasteiger partial charge in [-0.15, -0.1) is 0 Å². The normalized spacial score (nSPS) is 13.4. The van der Waals surface area contributed by atoms with E-state index in [1.807, 2.05) is 0 Å². The van der Waals surface area contributed by atoms with Crippen LogP contribution in [0.25, 0.3) is 55.3 Å². The molecule has 0 saturated carbocycles. The summed E-state index contributed by atoms with van der Waals surface area (Å²) in [6.07, 6.45) is 0. The van der Waals surface area contributed by atoms with Crippen molar-refractivity contribution in [1.82, 2.24) is 0 Å². The quantitative estimate of drug-likeness (QED) is 0.183. The van der Waals surface area contributed by atoms with Gasteiger partial charge in [0.1, 0.15) is 11.2 Å². The minimum atomic E-state index is -0.263. The molecule has 0 unspecified atom stereocenters. The number of fused-ring (bicyclic) bond motifs is 7. The Morgan fingerprint density at radius 2 is 1.02 bits per heavy atom. The fourth-order valence-corrected chi connectivity index (χ4v) is 8.02. The van der Waals surface area contributed by atoms with Crippen LogP contribution in [0.2, 0.25) is 0 Å². The highest BCUT2D eigenvalue weighted by Crippen LogP contribution is 2.54. The second kappa shape index (κ2) is 11.6. The Morgan fingerprint density at radius 3 is 1.59 bits per heavy atom. The lowest BCUT2D eigenvalue weighted by atomic mass is 9.81. The molecule has 0 spiro atoms. The van der Waals surface area contributed by atoms with Gasteiger partial charge in [-0.1, -0.05) is 138 Å². The van der Waals surface area contributed by atoms with Gasteiger partial charge in [0.15, 0.2) is 0 Å². The Kier molecular flexibility index (Phi) is 7.09. The van der Waals surface area contributed by atoms with E-state index in [9.17, 15) is 0 Å². The lowest BCUT2D eigenvalue weighted by Gasteiger charge is -2.28. The largest absolute Gasteiger partial charge is 0.456 e. The van der Waals surface area contributed by atoms with Crippen molar-refractivity contribution in [3.8, 4) is 33.4 Å². The van der Waals surface area contributed by atoms with Gasteiger partial charge in [-0.05, 0) is 105 Å². The second-order valence-corrected chi connectivity index (χ2v) is 15.4. The maximum absolute atomic E-state index is 6.73. The van der Waals surface area contributed by atoms with Gasteiger partial charge < -0.3 is 9.32 Å². The Hall–Kier alpha value is -5.86. The van der Waals surface area contributed by atoms with Gasteiger partial charge in [0, 0.05) is 38.8 Å². The first-order chi connectivity index (χ1) is 24.7. The number of hydrogen-bond acceptors (Lipinski definition) is 2. The monoisotopic (exact) mass is 659 g/mol. The summed E-state index contributed by atoms with van der Waals surface area (Å²) in [7, 11) is 0. The number of hydrogen-bond donors (Lipinski definition) is 0. The summed E-state index contributed by atoms with van der Waals surface area (Å²) in [4.78, 5) is 2.38. The summed E-state index contributed by atoms with van der Waals surface area (Å²) in [6.45, 7) is 11.5. The minimum Gasteiger partial charge on any atom is -0.456 e. The Labute approximate surface area is 300 Å². The van der Waals surface area contributed by atoms with E-state index in [0.29, 0.717) is 0 Å². The van der Waals surface area contributed by atoms with Crippen molar-refractivity contribution in [2.75, 3.05) is 4.90 Å². The number of rotatable bonds is 5. The molecule has 51 heavy (non-hydrogen) atoms. The van der Waals surface area contributed by atoms with Crippen LogP contribution in [0.5, 0.6) is 0 Å². The van der Waals surface area contributed by atoms with Crippen molar-refractivity contribution in [2.24, 2.45) is 0 Å². The Balaban J connectivity index is 1.17. The fourth-order valence-electron chi connectivity index (χ4n) is 8.02. The van der Waals surface area contributed by atoms with Crippen molar-refractivity contribution < 1.29 is 4.42 Å². The summed E-state index contributed by atoms with van der Waals surface area (Å²) in [5, 5.41) is 2.38. The molecule has 1 aromatic heterocycles. The van der Waals surface area contributed by atoms with Crippen LogP contribution in [0.3, 0.4) is 0 Å². The molecule has 0 aliphatic heterocycles. The summed E-state index contributed by atoms with van der Waals surface area (Å²) in [5.41, 5.74) is 16.4. The van der Waals surface area contributed by atoms with Gasteiger partial charge in [0.05, 0.1) is 0 Å². The molecule has 1 aliphatic carbocycles. The Morgan fingerprint density at radius 1 is 0.490 bits per heavy atom. The van der Waals surface area contributed by atoms with Crippen LogP contribution in [-0.4, -0.2) is 0 Å². The van der Waals surface area contributed by atoms with Gasteiger partial charge in [-0.3, -0.25) is 0 Å². The standard InChI is InChI=1S/C49H41NO/c1-48(2,3)36-20-29-45-43(30-36)42-28-27-41-40-26-25-39(31-44(40)49(4,5)46(41)47(42)51-45)50(37-21-16-34(17-22-37)32-12-8-6-9-13-32)38-23-18-35(19-24-38)33-14-10-7-11-15-33/h6-31H,1-5H3. The smallest absolute Gasteiger partial charge is 0.140 e. The van der Waals surface area contributed by atoms with Gasteiger partial charge in [0.2, 0.25) is 0 Å². The second-order valence-electron chi connectivity index (χ2n) is 15.4. The minimum absolute atomic E-state index is 0.0655. The fraction of sp³-hybridized carbons (Fsp3) is 0.143. The Bertz CT molecular complexity index is 2470. The summed E-state index contributed by atoms with van der Waals surface area (Å²) in [5.74, 6) is 0. The lowest BCUT2D eigenvalue weighted by Crippen LogP contribution is -2.17. The van der Waals surface area contributed by atoms with Crippen molar-refractivity contribution in [3.63, 3.8) is 0 Å². The van der Waals surface area contributed by atoms with Crippen LogP contribution in [-0.2, 0) is 10.8 Å². The van der Waals surface area contributed by atoms with Crippen molar-refractivity contribution in [2.45, 2.75) is 45.4 Å². The van der Waals surface area contributed by atoms with E-state index in [4.69, 9.17) is 4.42 Å². The summed E-state index contributed by atoms with van der Waals surface area (Å²) in [6, 6.07) is 57.3. The van der Waals surface area contributed by atoms with E-state index in [2.05, 4.69) is 197 Å². The maximum atomic E-state index is 6.73. The van der Waals surface area contributed by atoms with Crippen LogP contribution in [0.1, 0.15) is 51.3 Å². The van der Waals surface area contributed by atoms with Gasteiger partial charge in [-0.2, -0.15) is 0 Å². The van der Waals surface area contributed by atoms with E-state index < -0.39 is 0 Å². The van der Waals surface area contributed by atoms with E-state index in [0.717, 1.165) is 28.2 Å². The van der Waals surface area contributed by atoms with Crippen LogP contribution >= 0.6 is 0 Å². The molecule has 1 heterocycles. The molecule has 248 valence electrons. The number of anilines is 3. The summed E-state index contributed by atoms with van der Waals surface area (Å²) < 4.78 is 6.73. The number of benzene rings is 7. The summed E-state index contributed by atoms with van der Waals surface area (Å²) >= 11 is 0. The molecule has 0 amide bonds. The average molecular weight is 660 g/mol. The molecule has 0 radical (unpaired) electrons. The molecular weight excluding hydrogens is 619 g/mol. The SMILES string of the molecule is CC(C)(C)c1ccc2oc3c4c(ccc3c2c1)-c1ccc(N(c2ccc(-c3ccccc3)cc2)c2ccc(-c3ccccc3)cc2)cc1C4(C)C. The van der Waals surface area contributed by atoms with E-state index >= 15 is 0 Å². The van der Waals surface area contributed by atoms with E-state index in [1.54, 1.807) is 0 Å². The van der Waals surface area contributed by atoms with Crippen molar-refractivity contribution >= 4 is 39.0 Å². The van der Waals surface area contributed by atoms with E-state index in [-0.39, 0.29) is 10.8 Å². The van der Waals surface area contributed by atoms with Crippen LogP contribution < -0.4 is 4.90 Å². The zero-order chi connectivity index (χ0) is 34.9. The molecule has 2 nitrogen and oxygen atoms in total. The molecule has 0 atom stereocenters. The molecule has 0 fully saturated rings. The predicted octanol–water partition coefficient (Wildman–Crippen LogP) is 14.0. The molecule has 0 saturated heterocycles. The van der Waals surface area contributed by atoms with Gasteiger partial charge in [-0.25, -0.2) is 0 Å². The molecule has 8 aromatic rings. The third-order valence-corrected chi connectivity index (χ3v) is 10.8. The molecule has 0 bridgehead atoms. The first-order valence-electron chi connectivity index (χ1n) is 17.9. The number of furan rings is 1. The lowest BCUT2D eigenvalue weighted by molar-refractivity contribution is 0.590. The molecule has 1 aliphatic rings. The third-order valence-electron chi connectivity index (χ3n) is 10.8. The number of nitrogens with zero attached hydrogens (tertiary/aromatic N) is 1. The maximum Gasteiger partial charge on any atom is 0.140 e. The van der Waals surface area contributed by atoms with Crippen molar-refractivity contribution in [3.05, 3.63) is 174 Å². The highest BCUT2D eigenvalue weighted by atomic mass is 16.3. The van der Waals surface area contributed by atoms with Gasteiger partial charge in [0.25, 0.3) is 0 Å². The predicted molar refractivity (Wildman–Crippen MR) is 216 cm³/mol. The topological polar surface area (TPSA) is 16.4 Å². The van der Waals surface area contributed by atoms with Crippen molar-refractivity contribution in [1.29, 1.82) is 0 Å². The zero-order valence-electron chi connectivity index (χ0n) is 29.9. The first kappa shape index (κ1) is 31.1. The molecule has 0 N–H and O–H groups in total. The van der Waals surface area contributed by atoms with Crippen LogP contribution in [0.15, 0.2) is 162 Å². The molecule has 2 heteroatoms. The molecule has 7 aromatic carbocycles. The highest BCUT2D eigenvalue weighted by Gasteiger charge is 2.39. The first-order valence-corrected chi connectivity index (χ1v) is 17.9. The van der Waals surface area contributed by atoms with E-state index in [1.165, 1.54) is 60.8 Å². The molecular formula is C49H41NO. The average Bonchev–Trinajstić information content (AvgIpc) is 3.64. The van der Waals surface area contributed by atoms with Gasteiger partial charge >= 0.3 is 0 Å². The van der Waals surface area contributed by atoms with Crippen LogP contribution in [0.4, 0.5) is 17.1 Å².